The Labute approximate surface area is 120 Å². The lowest BCUT2D eigenvalue weighted by molar-refractivity contribution is 0.0694. The second-order valence-electron chi connectivity index (χ2n) is 3.98. The second kappa shape index (κ2) is 5.51. The van der Waals surface area contributed by atoms with E-state index in [1.807, 2.05) is 6.92 Å². The molecule has 0 aliphatic carbocycles. The minimum Gasteiger partial charge on any atom is -0.478 e. The van der Waals surface area contributed by atoms with Gasteiger partial charge in [0.25, 0.3) is 0 Å². The lowest BCUT2D eigenvalue weighted by Crippen LogP contribution is -2.00. The number of halogens is 2. The van der Waals surface area contributed by atoms with Crippen molar-refractivity contribution in [2.75, 3.05) is 0 Å². The van der Waals surface area contributed by atoms with Crippen LogP contribution in [0.4, 0.5) is 0 Å². The number of carboxylic acids is 1. The van der Waals surface area contributed by atoms with E-state index in [1.165, 1.54) is 6.07 Å². The molecule has 0 atom stereocenters. The SMILES string of the molecule is Cc1ccc(Oc2ccc(Cl)cc2Cl)c(C(=O)O)c1. The van der Waals surface area contributed by atoms with Gasteiger partial charge in [-0.2, -0.15) is 0 Å². The number of aryl methyl sites for hydroxylation is 1. The van der Waals surface area contributed by atoms with Gasteiger partial charge in [0, 0.05) is 5.02 Å². The Morgan fingerprint density at radius 1 is 1.11 bits per heavy atom. The molecular formula is C14H10Cl2O3. The van der Waals surface area contributed by atoms with Gasteiger partial charge in [0.05, 0.1) is 5.02 Å². The number of hydrogen-bond donors (Lipinski definition) is 1. The van der Waals surface area contributed by atoms with Gasteiger partial charge < -0.3 is 9.84 Å². The Hall–Kier alpha value is -1.71. The topological polar surface area (TPSA) is 46.5 Å². The van der Waals surface area contributed by atoms with Crippen molar-refractivity contribution in [2.24, 2.45) is 0 Å². The summed E-state index contributed by atoms with van der Waals surface area (Å²) in [5.74, 6) is -0.455. The number of rotatable bonds is 3. The van der Waals surface area contributed by atoms with Crippen LogP contribution in [0.1, 0.15) is 15.9 Å². The molecule has 0 unspecified atom stereocenters. The Morgan fingerprint density at radius 3 is 2.42 bits per heavy atom. The molecule has 0 spiro atoms. The fraction of sp³-hybridized carbons (Fsp3) is 0.0714. The van der Waals surface area contributed by atoms with E-state index in [-0.39, 0.29) is 11.3 Å². The van der Waals surface area contributed by atoms with Crippen molar-refractivity contribution >= 4 is 29.2 Å². The van der Waals surface area contributed by atoms with Crippen LogP contribution in [0.25, 0.3) is 0 Å². The first-order valence-electron chi connectivity index (χ1n) is 5.44. The van der Waals surface area contributed by atoms with Gasteiger partial charge in [-0.05, 0) is 37.3 Å². The average molecular weight is 297 g/mol. The summed E-state index contributed by atoms with van der Waals surface area (Å²) in [6.07, 6.45) is 0. The van der Waals surface area contributed by atoms with Crippen molar-refractivity contribution < 1.29 is 14.6 Å². The zero-order chi connectivity index (χ0) is 14.0. The van der Waals surface area contributed by atoms with Crippen LogP contribution in [0.3, 0.4) is 0 Å². The highest BCUT2D eigenvalue weighted by Gasteiger charge is 2.13. The van der Waals surface area contributed by atoms with Crippen molar-refractivity contribution in [2.45, 2.75) is 6.92 Å². The predicted molar refractivity (Wildman–Crippen MR) is 74.7 cm³/mol. The summed E-state index contributed by atoms with van der Waals surface area (Å²) in [6.45, 7) is 1.81. The van der Waals surface area contributed by atoms with Crippen molar-refractivity contribution in [3.8, 4) is 11.5 Å². The number of hydrogen-bond acceptors (Lipinski definition) is 2. The zero-order valence-corrected chi connectivity index (χ0v) is 11.5. The van der Waals surface area contributed by atoms with E-state index in [9.17, 15) is 4.79 Å². The third-order valence-corrected chi connectivity index (χ3v) is 3.01. The molecule has 98 valence electrons. The number of aromatic carboxylic acids is 1. The van der Waals surface area contributed by atoms with Gasteiger partial charge in [-0.15, -0.1) is 0 Å². The van der Waals surface area contributed by atoms with Crippen LogP contribution < -0.4 is 4.74 Å². The molecule has 2 aromatic carbocycles. The summed E-state index contributed by atoms with van der Waals surface area (Å²) in [6, 6.07) is 9.66. The molecule has 0 saturated heterocycles. The van der Waals surface area contributed by atoms with Crippen LogP contribution in [0.5, 0.6) is 11.5 Å². The van der Waals surface area contributed by atoms with Gasteiger partial charge in [0.2, 0.25) is 0 Å². The maximum Gasteiger partial charge on any atom is 0.339 e. The third kappa shape index (κ3) is 3.19. The molecule has 3 nitrogen and oxygen atoms in total. The van der Waals surface area contributed by atoms with E-state index in [1.54, 1.807) is 30.3 Å². The van der Waals surface area contributed by atoms with Crippen LogP contribution in [0.2, 0.25) is 10.0 Å². The summed E-state index contributed by atoms with van der Waals surface area (Å²) < 4.78 is 5.54. The van der Waals surface area contributed by atoms with E-state index < -0.39 is 5.97 Å². The highest BCUT2D eigenvalue weighted by Crippen LogP contribution is 2.33. The molecule has 1 N–H and O–H groups in total. The molecule has 19 heavy (non-hydrogen) atoms. The zero-order valence-electron chi connectivity index (χ0n) is 9.98. The van der Waals surface area contributed by atoms with E-state index in [2.05, 4.69) is 0 Å². The van der Waals surface area contributed by atoms with Gasteiger partial charge >= 0.3 is 5.97 Å². The van der Waals surface area contributed by atoms with Gasteiger partial charge in [-0.25, -0.2) is 4.79 Å². The number of ether oxygens (including phenoxy) is 1. The number of carboxylic acid groups (broad SMARTS) is 1. The van der Waals surface area contributed by atoms with Crippen molar-refractivity contribution in [3.63, 3.8) is 0 Å². The summed E-state index contributed by atoms with van der Waals surface area (Å²) >= 11 is 11.8. The Morgan fingerprint density at radius 2 is 1.79 bits per heavy atom. The first-order valence-corrected chi connectivity index (χ1v) is 6.20. The summed E-state index contributed by atoms with van der Waals surface area (Å²) in [5, 5.41) is 9.96. The molecule has 2 aromatic rings. The van der Waals surface area contributed by atoms with Crippen LogP contribution in [0.15, 0.2) is 36.4 Å². The third-order valence-electron chi connectivity index (χ3n) is 2.48. The first-order chi connectivity index (χ1) is 8.97. The van der Waals surface area contributed by atoms with Crippen LogP contribution in [0, 0.1) is 6.92 Å². The molecule has 0 aliphatic rings. The van der Waals surface area contributed by atoms with Gasteiger partial charge in [-0.1, -0.05) is 34.8 Å². The summed E-state index contributed by atoms with van der Waals surface area (Å²) in [5.41, 5.74) is 0.929. The average Bonchev–Trinajstić information content (AvgIpc) is 2.34. The molecule has 0 bridgehead atoms. The Bertz CT molecular complexity index is 639. The van der Waals surface area contributed by atoms with E-state index in [0.717, 1.165) is 5.56 Å². The number of benzene rings is 2. The van der Waals surface area contributed by atoms with Crippen molar-refractivity contribution in [3.05, 3.63) is 57.6 Å². The highest BCUT2D eigenvalue weighted by atomic mass is 35.5. The van der Waals surface area contributed by atoms with Gasteiger partial charge in [0.15, 0.2) is 0 Å². The van der Waals surface area contributed by atoms with Gasteiger partial charge in [0.1, 0.15) is 17.1 Å². The van der Waals surface area contributed by atoms with Crippen molar-refractivity contribution in [1.82, 2.24) is 0 Å². The minimum atomic E-state index is -1.05. The first kappa shape index (κ1) is 13.7. The summed E-state index contributed by atoms with van der Waals surface area (Å²) in [4.78, 5) is 11.2. The van der Waals surface area contributed by atoms with E-state index >= 15 is 0 Å². The molecule has 0 amide bonds. The minimum absolute atomic E-state index is 0.0889. The summed E-state index contributed by atoms with van der Waals surface area (Å²) in [7, 11) is 0. The Balaban J connectivity index is 2.40. The number of carbonyl (C=O) groups is 1. The maximum atomic E-state index is 11.2. The van der Waals surface area contributed by atoms with E-state index in [0.29, 0.717) is 15.8 Å². The standard InChI is InChI=1S/C14H10Cl2O3/c1-8-2-4-12(10(6-8)14(17)18)19-13-5-3-9(15)7-11(13)16/h2-7H,1H3,(H,17,18). The fourth-order valence-corrected chi connectivity index (χ4v) is 2.02. The predicted octanol–water partition coefficient (Wildman–Crippen LogP) is 4.79. The molecule has 0 aromatic heterocycles. The monoisotopic (exact) mass is 296 g/mol. The molecule has 5 heteroatoms. The quantitative estimate of drug-likeness (QED) is 0.885. The molecule has 0 heterocycles. The highest BCUT2D eigenvalue weighted by molar-refractivity contribution is 6.35. The second-order valence-corrected chi connectivity index (χ2v) is 4.83. The van der Waals surface area contributed by atoms with Crippen LogP contribution in [-0.2, 0) is 0 Å². The smallest absolute Gasteiger partial charge is 0.339 e. The Kier molecular flexibility index (Phi) is 3.98. The van der Waals surface area contributed by atoms with E-state index in [4.69, 9.17) is 33.0 Å². The molecule has 0 aliphatic heterocycles. The lowest BCUT2D eigenvalue weighted by atomic mass is 10.1. The fourth-order valence-electron chi connectivity index (χ4n) is 1.58. The normalized spacial score (nSPS) is 10.3. The molecule has 0 saturated carbocycles. The largest absolute Gasteiger partial charge is 0.478 e. The lowest BCUT2D eigenvalue weighted by Gasteiger charge is -2.10. The molecular weight excluding hydrogens is 287 g/mol. The maximum absolute atomic E-state index is 11.2. The van der Waals surface area contributed by atoms with Crippen molar-refractivity contribution in [1.29, 1.82) is 0 Å². The van der Waals surface area contributed by atoms with Crippen LogP contribution in [-0.4, -0.2) is 11.1 Å². The molecule has 2 rings (SSSR count). The molecule has 0 radical (unpaired) electrons. The molecule has 0 fully saturated rings. The van der Waals surface area contributed by atoms with Crippen LogP contribution >= 0.6 is 23.2 Å². The van der Waals surface area contributed by atoms with Gasteiger partial charge in [-0.3, -0.25) is 0 Å².